The molecule has 19 heavy (non-hydrogen) atoms. The maximum atomic E-state index is 9.41. The topological polar surface area (TPSA) is 59.8 Å². The van der Waals surface area contributed by atoms with Gasteiger partial charge in [0.25, 0.3) is 0 Å². The van der Waals surface area contributed by atoms with Crippen LogP contribution in [0.1, 0.15) is 12.0 Å². The summed E-state index contributed by atoms with van der Waals surface area (Å²) in [5.74, 6) is 0. The van der Waals surface area contributed by atoms with E-state index in [1.165, 1.54) is 0 Å². The lowest BCUT2D eigenvalue weighted by Gasteiger charge is -2.21. The fourth-order valence-electron chi connectivity index (χ4n) is 2.52. The third-order valence-electron chi connectivity index (χ3n) is 3.63. The Morgan fingerprint density at radius 1 is 1.47 bits per heavy atom. The molecule has 1 aliphatic heterocycles. The number of hydrogen-bond donors (Lipinski definition) is 1. The van der Waals surface area contributed by atoms with Crippen LogP contribution in [0.15, 0.2) is 12.4 Å². The van der Waals surface area contributed by atoms with Crippen molar-refractivity contribution in [3.05, 3.63) is 18.0 Å². The van der Waals surface area contributed by atoms with Gasteiger partial charge in [0.1, 0.15) is 0 Å². The van der Waals surface area contributed by atoms with Crippen molar-refractivity contribution in [1.29, 1.82) is 0 Å². The van der Waals surface area contributed by atoms with Gasteiger partial charge in [-0.15, -0.1) is 0 Å². The van der Waals surface area contributed by atoms with E-state index < -0.39 is 0 Å². The molecule has 0 amide bonds. The zero-order valence-corrected chi connectivity index (χ0v) is 11.7. The summed E-state index contributed by atoms with van der Waals surface area (Å²) in [6.45, 7) is 3.27. The van der Waals surface area contributed by atoms with Crippen LogP contribution in [0.4, 0.5) is 0 Å². The molecule has 0 spiro atoms. The SMILES string of the molecule is COCCn1cc(CN2C[C@H](OC)C[C@H]2CO)cn1. The van der Waals surface area contributed by atoms with E-state index in [1.807, 2.05) is 17.1 Å². The summed E-state index contributed by atoms with van der Waals surface area (Å²) in [6.07, 6.45) is 5.03. The normalized spacial score (nSPS) is 24.2. The van der Waals surface area contributed by atoms with Crippen LogP contribution in [0, 0.1) is 0 Å². The first-order valence-corrected chi connectivity index (χ1v) is 6.64. The van der Waals surface area contributed by atoms with Crippen LogP contribution in [0.3, 0.4) is 0 Å². The Kier molecular flexibility index (Phi) is 5.33. The average Bonchev–Trinajstić information content (AvgIpc) is 3.03. The molecule has 1 saturated heterocycles. The monoisotopic (exact) mass is 269 g/mol. The van der Waals surface area contributed by atoms with E-state index in [0.29, 0.717) is 6.61 Å². The fraction of sp³-hybridized carbons (Fsp3) is 0.769. The minimum atomic E-state index is 0.178. The van der Waals surface area contributed by atoms with Gasteiger partial charge >= 0.3 is 0 Å². The van der Waals surface area contributed by atoms with Crippen molar-refractivity contribution in [2.75, 3.05) is 34.0 Å². The van der Waals surface area contributed by atoms with E-state index in [2.05, 4.69) is 10.00 Å². The summed E-state index contributed by atoms with van der Waals surface area (Å²) >= 11 is 0. The molecule has 6 nitrogen and oxygen atoms in total. The van der Waals surface area contributed by atoms with E-state index in [0.717, 1.165) is 31.6 Å². The van der Waals surface area contributed by atoms with Crippen LogP contribution in [0.5, 0.6) is 0 Å². The third kappa shape index (κ3) is 3.76. The lowest BCUT2D eigenvalue weighted by Crippen LogP contribution is -2.31. The molecule has 2 heterocycles. The van der Waals surface area contributed by atoms with Gasteiger partial charge in [-0.2, -0.15) is 5.10 Å². The molecule has 0 bridgehead atoms. The van der Waals surface area contributed by atoms with E-state index in [9.17, 15) is 5.11 Å². The Morgan fingerprint density at radius 2 is 2.32 bits per heavy atom. The lowest BCUT2D eigenvalue weighted by molar-refractivity contribution is 0.107. The molecule has 1 aliphatic rings. The van der Waals surface area contributed by atoms with Gasteiger partial charge in [0.2, 0.25) is 0 Å². The number of aliphatic hydroxyl groups excluding tert-OH is 1. The smallest absolute Gasteiger partial charge is 0.0714 e. The summed E-state index contributed by atoms with van der Waals surface area (Å²) in [4.78, 5) is 2.26. The summed E-state index contributed by atoms with van der Waals surface area (Å²) in [5, 5.41) is 13.7. The third-order valence-corrected chi connectivity index (χ3v) is 3.63. The number of likely N-dealkylation sites (tertiary alicyclic amines) is 1. The molecule has 1 fully saturated rings. The predicted octanol–water partition coefficient (Wildman–Crippen LogP) is 0.111. The number of rotatable bonds is 7. The second-order valence-corrected chi connectivity index (χ2v) is 4.96. The van der Waals surface area contributed by atoms with Gasteiger partial charge in [-0.3, -0.25) is 9.58 Å². The zero-order chi connectivity index (χ0) is 13.7. The highest BCUT2D eigenvalue weighted by Crippen LogP contribution is 2.21. The number of aromatic nitrogens is 2. The minimum Gasteiger partial charge on any atom is -0.395 e. The second-order valence-electron chi connectivity index (χ2n) is 4.96. The van der Waals surface area contributed by atoms with Crippen LogP contribution < -0.4 is 0 Å². The van der Waals surface area contributed by atoms with E-state index in [4.69, 9.17) is 9.47 Å². The molecule has 1 aromatic rings. The standard InChI is InChI=1S/C13H23N3O3/c1-18-4-3-16-8-11(6-14-16)7-15-9-13(19-2)5-12(15)10-17/h6,8,12-13,17H,3-5,7,9-10H2,1-2H3/t12-,13+/m0/s1. The highest BCUT2D eigenvalue weighted by molar-refractivity contribution is 5.05. The van der Waals surface area contributed by atoms with Crippen LogP contribution in [-0.4, -0.2) is 65.9 Å². The number of ether oxygens (including phenoxy) is 2. The largest absolute Gasteiger partial charge is 0.395 e. The predicted molar refractivity (Wildman–Crippen MR) is 70.8 cm³/mol. The van der Waals surface area contributed by atoms with Crippen LogP contribution in [0.2, 0.25) is 0 Å². The van der Waals surface area contributed by atoms with Gasteiger partial charge in [-0.05, 0) is 6.42 Å². The van der Waals surface area contributed by atoms with Gasteiger partial charge in [-0.1, -0.05) is 0 Å². The lowest BCUT2D eigenvalue weighted by atomic mass is 10.2. The Morgan fingerprint density at radius 3 is 3.00 bits per heavy atom. The van der Waals surface area contributed by atoms with Crippen molar-refractivity contribution < 1.29 is 14.6 Å². The van der Waals surface area contributed by atoms with Gasteiger partial charge in [0.15, 0.2) is 0 Å². The average molecular weight is 269 g/mol. The molecular weight excluding hydrogens is 246 g/mol. The van der Waals surface area contributed by atoms with Gasteiger partial charge < -0.3 is 14.6 Å². The molecule has 2 atom stereocenters. The first kappa shape index (κ1) is 14.5. The van der Waals surface area contributed by atoms with Crippen molar-refractivity contribution >= 4 is 0 Å². The van der Waals surface area contributed by atoms with Crippen molar-refractivity contribution in [3.63, 3.8) is 0 Å². The second kappa shape index (κ2) is 7.00. The van der Waals surface area contributed by atoms with Crippen molar-refractivity contribution in [2.45, 2.75) is 31.7 Å². The molecule has 0 unspecified atom stereocenters. The number of hydrogen-bond acceptors (Lipinski definition) is 5. The Bertz CT molecular complexity index is 383. The van der Waals surface area contributed by atoms with Gasteiger partial charge in [-0.25, -0.2) is 0 Å². The molecule has 0 aliphatic carbocycles. The van der Waals surface area contributed by atoms with Gasteiger partial charge in [0, 0.05) is 45.1 Å². The zero-order valence-electron chi connectivity index (χ0n) is 11.7. The molecule has 0 radical (unpaired) electrons. The Hall–Kier alpha value is -0.950. The van der Waals surface area contributed by atoms with Crippen molar-refractivity contribution in [2.24, 2.45) is 0 Å². The molecule has 0 saturated carbocycles. The maximum Gasteiger partial charge on any atom is 0.0714 e. The van der Waals surface area contributed by atoms with Crippen molar-refractivity contribution in [1.82, 2.24) is 14.7 Å². The van der Waals surface area contributed by atoms with E-state index in [1.54, 1.807) is 14.2 Å². The summed E-state index contributed by atoms with van der Waals surface area (Å²) in [6, 6.07) is 0.187. The molecule has 108 valence electrons. The van der Waals surface area contributed by atoms with Crippen LogP contribution in [-0.2, 0) is 22.6 Å². The summed E-state index contributed by atoms with van der Waals surface area (Å²) in [7, 11) is 3.41. The first-order chi connectivity index (χ1) is 9.26. The maximum absolute atomic E-state index is 9.41. The fourth-order valence-corrected chi connectivity index (χ4v) is 2.52. The molecule has 1 N–H and O–H groups in total. The van der Waals surface area contributed by atoms with E-state index in [-0.39, 0.29) is 18.8 Å². The first-order valence-electron chi connectivity index (χ1n) is 6.64. The Labute approximate surface area is 113 Å². The minimum absolute atomic E-state index is 0.178. The molecule has 1 aromatic heterocycles. The van der Waals surface area contributed by atoms with Crippen LogP contribution in [0.25, 0.3) is 0 Å². The number of nitrogens with zero attached hydrogens (tertiary/aromatic N) is 3. The number of methoxy groups -OCH3 is 2. The summed E-state index contributed by atoms with van der Waals surface area (Å²) < 4.78 is 12.3. The summed E-state index contributed by atoms with van der Waals surface area (Å²) in [5.41, 5.74) is 1.16. The van der Waals surface area contributed by atoms with Gasteiger partial charge in [0.05, 0.1) is 32.1 Å². The Balaban J connectivity index is 1.90. The van der Waals surface area contributed by atoms with Crippen molar-refractivity contribution in [3.8, 4) is 0 Å². The molecule has 0 aromatic carbocycles. The molecular formula is C13H23N3O3. The highest BCUT2D eigenvalue weighted by atomic mass is 16.5. The molecule has 2 rings (SSSR count). The van der Waals surface area contributed by atoms with E-state index >= 15 is 0 Å². The highest BCUT2D eigenvalue weighted by Gasteiger charge is 2.31. The number of aliphatic hydroxyl groups is 1. The molecule has 6 heteroatoms. The van der Waals surface area contributed by atoms with Crippen LogP contribution >= 0.6 is 0 Å². The quantitative estimate of drug-likeness (QED) is 0.761.